The molecule has 2 aromatic rings. The quantitative estimate of drug-likeness (QED) is 0.758. The van der Waals surface area contributed by atoms with Gasteiger partial charge in [-0.15, -0.1) is 0 Å². The van der Waals surface area contributed by atoms with Gasteiger partial charge in [0.25, 0.3) is 0 Å². The molecular weight excluding hydrogens is 218 g/mol. The van der Waals surface area contributed by atoms with Crippen molar-refractivity contribution in [2.75, 3.05) is 13.2 Å². The van der Waals surface area contributed by atoms with E-state index < -0.39 is 0 Å². The lowest BCUT2D eigenvalue weighted by Gasteiger charge is -2.08. The lowest BCUT2D eigenvalue weighted by atomic mass is 10.1. The summed E-state index contributed by atoms with van der Waals surface area (Å²) in [5.74, 6) is 1.57. The van der Waals surface area contributed by atoms with E-state index in [2.05, 4.69) is 5.16 Å². The molecule has 4 heteroatoms. The number of para-hydroxylation sites is 1. The monoisotopic (exact) mass is 231 g/mol. The van der Waals surface area contributed by atoms with E-state index in [-0.39, 0.29) is 6.10 Å². The molecule has 1 aliphatic heterocycles. The normalized spacial score (nSPS) is 18.1. The predicted molar refractivity (Wildman–Crippen MR) is 61.9 cm³/mol. The first-order valence-corrected chi connectivity index (χ1v) is 5.59. The van der Waals surface area contributed by atoms with Gasteiger partial charge in [0, 0.05) is 5.56 Å². The molecule has 0 radical (unpaired) electrons. The number of aryl methyl sites for hydroxylation is 1. The Morgan fingerprint density at radius 1 is 1.41 bits per heavy atom. The molecule has 0 N–H and O–H groups in total. The molecule has 1 fully saturated rings. The molecule has 0 unspecified atom stereocenters. The van der Waals surface area contributed by atoms with E-state index in [9.17, 15) is 0 Å². The number of benzene rings is 1. The SMILES string of the molecule is Cc1cnoc1-c1ccccc1OC[C@@H]1CO1. The third kappa shape index (κ3) is 2.17. The number of nitrogens with zero attached hydrogens (tertiary/aromatic N) is 1. The van der Waals surface area contributed by atoms with Gasteiger partial charge in [-0.05, 0) is 19.1 Å². The zero-order valence-corrected chi connectivity index (χ0v) is 9.55. The maximum absolute atomic E-state index is 5.73. The minimum Gasteiger partial charge on any atom is -0.490 e. The summed E-state index contributed by atoms with van der Waals surface area (Å²) in [4.78, 5) is 0. The number of rotatable bonds is 4. The van der Waals surface area contributed by atoms with Crippen molar-refractivity contribution in [3.8, 4) is 17.1 Å². The Balaban J connectivity index is 1.89. The van der Waals surface area contributed by atoms with Gasteiger partial charge in [-0.3, -0.25) is 0 Å². The summed E-state index contributed by atoms with van der Waals surface area (Å²) >= 11 is 0. The van der Waals surface area contributed by atoms with Crippen LogP contribution in [0.5, 0.6) is 5.75 Å². The molecule has 1 saturated heterocycles. The summed E-state index contributed by atoms with van der Waals surface area (Å²) in [6.07, 6.45) is 1.95. The molecule has 1 aliphatic rings. The fourth-order valence-corrected chi connectivity index (χ4v) is 1.68. The molecule has 0 aliphatic carbocycles. The van der Waals surface area contributed by atoms with E-state index in [1.54, 1.807) is 6.20 Å². The van der Waals surface area contributed by atoms with Crippen LogP contribution < -0.4 is 4.74 Å². The van der Waals surface area contributed by atoms with Gasteiger partial charge >= 0.3 is 0 Å². The highest BCUT2D eigenvalue weighted by Gasteiger charge is 2.24. The van der Waals surface area contributed by atoms with Crippen molar-refractivity contribution in [1.29, 1.82) is 0 Å². The van der Waals surface area contributed by atoms with Crippen LogP contribution in [0.15, 0.2) is 35.0 Å². The van der Waals surface area contributed by atoms with Crippen LogP contribution >= 0.6 is 0 Å². The zero-order chi connectivity index (χ0) is 11.7. The largest absolute Gasteiger partial charge is 0.490 e. The molecule has 4 nitrogen and oxygen atoms in total. The highest BCUT2D eigenvalue weighted by molar-refractivity contribution is 5.67. The Bertz CT molecular complexity index is 517. The highest BCUT2D eigenvalue weighted by Crippen LogP contribution is 2.32. The Labute approximate surface area is 99.1 Å². The van der Waals surface area contributed by atoms with Gasteiger partial charge in [-0.25, -0.2) is 0 Å². The fourth-order valence-electron chi connectivity index (χ4n) is 1.68. The van der Waals surface area contributed by atoms with E-state index in [1.165, 1.54) is 0 Å². The minimum absolute atomic E-state index is 0.249. The molecular formula is C13H13NO3. The Morgan fingerprint density at radius 2 is 2.24 bits per heavy atom. The summed E-state index contributed by atoms with van der Waals surface area (Å²) < 4.78 is 16.1. The lowest BCUT2D eigenvalue weighted by Crippen LogP contribution is -2.04. The molecule has 0 spiro atoms. The topological polar surface area (TPSA) is 47.8 Å². The van der Waals surface area contributed by atoms with Crippen molar-refractivity contribution < 1.29 is 14.0 Å². The third-order valence-electron chi connectivity index (χ3n) is 2.71. The van der Waals surface area contributed by atoms with E-state index >= 15 is 0 Å². The van der Waals surface area contributed by atoms with E-state index in [1.807, 2.05) is 31.2 Å². The maximum Gasteiger partial charge on any atom is 0.173 e. The molecule has 0 amide bonds. The van der Waals surface area contributed by atoms with Crippen molar-refractivity contribution in [3.05, 3.63) is 36.0 Å². The van der Waals surface area contributed by atoms with Gasteiger partial charge in [0.1, 0.15) is 18.5 Å². The van der Waals surface area contributed by atoms with Gasteiger partial charge in [0.15, 0.2) is 5.76 Å². The van der Waals surface area contributed by atoms with Crippen molar-refractivity contribution in [2.24, 2.45) is 0 Å². The molecule has 1 aromatic carbocycles. The molecule has 3 rings (SSSR count). The Kier molecular flexibility index (Phi) is 2.57. The summed E-state index contributed by atoms with van der Waals surface area (Å²) in [7, 11) is 0. The van der Waals surface area contributed by atoms with Gasteiger partial charge in [-0.1, -0.05) is 17.3 Å². The fraction of sp³-hybridized carbons (Fsp3) is 0.308. The maximum atomic E-state index is 5.73. The molecule has 88 valence electrons. The van der Waals surface area contributed by atoms with Crippen LogP contribution in [-0.2, 0) is 4.74 Å². The van der Waals surface area contributed by atoms with Crippen LogP contribution in [0, 0.1) is 6.92 Å². The smallest absolute Gasteiger partial charge is 0.173 e. The molecule has 17 heavy (non-hydrogen) atoms. The van der Waals surface area contributed by atoms with Gasteiger partial charge < -0.3 is 14.0 Å². The Hall–Kier alpha value is -1.81. The molecule has 1 aromatic heterocycles. The van der Waals surface area contributed by atoms with Crippen molar-refractivity contribution >= 4 is 0 Å². The van der Waals surface area contributed by atoms with Crippen molar-refractivity contribution in [1.82, 2.24) is 5.16 Å². The number of ether oxygens (including phenoxy) is 2. The van der Waals surface area contributed by atoms with Crippen molar-refractivity contribution in [3.63, 3.8) is 0 Å². The lowest BCUT2D eigenvalue weighted by molar-refractivity contribution is 0.263. The first kappa shape index (κ1) is 10.4. The van der Waals surface area contributed by atoms with Gasteiger partial charge in [0.2, 0.25) is 0 Å². The third-order valence-corrected chi connectivity index (χ3v) is 2.71. The predicted octanol–water partition coefficient (Wildman–Crippen LogP) is 2.43. The summed E-state index contributed by atoms with van der Waals surface area (Å²) in [6, 6.07) is 7.80. The minimum atomic E-state index is 0.249. The van der Waals surface area contributed by atoms with E-state index in [4.69, 9.17) is 14.0 Å². The van der Waals surface area contributed by atoms with Crippen molar-refractivity contribution in [2.45, 2.75) is 13.0 Å². The molecule has 0 saturated carbocycles. The van der Waals surface area contributed by atoms with Crippen LogP contribution in [0.3, 0.4) is 0 Å². The average molecular weight is 231 g/mol. The summed E-state index contributed by atoms with van der Waals surface area (Å²) in [5, 5.41) is 3.79. The number of hydrogen-bond acceptors (Lipinski definition) is 4. The molecule has 0 bridgehead atoms. The van der Waals surface area contributed by atoms with Crippen LogP contribution in [0.25, 0.3) is 11.3 Å². The Morgan fingerprint density at radius 3 is 2.94 bits per heavy atom. The summed E-state index contributed by atoms with van der Waals surface area (Å²) in [6.45, 7) is 3.35. The van der Waals surface area contributed by atoms with E-state index in [0.29, 0.717) is 6.61 Å². The first-order valence-electron chi connectivity index (χ1n) is 5.59. The molecule has 2 heterocycles. The van der Waals surface area contributed by atoms with Gasteiger partial charge in [0.05, 0.1) is 18.4 Å². The number of aromatic nitrogens is 1. The highest BCUT2D eigenvalue weighted by atomic mass is 16.6. The van der Waals surface area contributed by atoms with Crippen LogP contribution in [0.2, 0.25) is 0 Å². The molecule has 1 atom stereocenters. The second-order valence-corrected chi connectivity index (χ2v) is 4.10. The second kappa shape index (κ2) is 4.22. The van der Waals surface area contributed by atoms with Gasteiger partial charge in [-0.2, -0.15) is 0 Å². The number of hydrogen-bond donors (Lipinski definition) is 0. The van der Waals surface area contributed by atoms with Crippen LogP contribution in [-0.4, -0.2) is 24.5 Å². The number of epoxide rings is 1. The second-order valence-electron chi connectivity index (χ2n) is 4.10. The van der Waals surface area contributed by atoms with Crippen LogP contribution in [0.1, 0.15) is 5.56 Å². The van der Waals surface area contributed by atoms with E-state index in [0.717, 1.165) is 29.2 Å². The van der Waals surface area contributed by atoms with Crippen LogP contribution in [0.4, 0.5) is 0 Å². The summed E-state index contributed by atoms with van der Waals surface area (Å²) in [5.41, 5.74) is 1.94. The average Bonchev–Trinajstić information content (AvgIpc) is 3.09. The first-order chi connectivity index (χ1) is 8.34. The standard InChI is InChI=1S/C13H13NO3/c1-9-6-14-17-13(9)11-4-2-3-5-12(11)16-8-10-7-15-10/h2-6,10H,7-8H2,1H3/t10-/m0/s1. The zero-order valence-electron chi connectivity index (χ0n) is 9.55.